The lowest BCUT2D eigenvalue weighted by Gasteiger charge is -2.18. The SMILES string of the molecule is CN(CC(F)(F)F)C(=O)c1ccc(F)nc1. The van der Waals surface area contributed by atoms with E-state index in [1.807, 2.05) is 0 Å². The Kier molecular flexibility index (Phi) is 3.46. The largest absolute Gasteiger partial charge is 0.406 e. The molecule has 88 valence electrons. The van der Waals surface area contributed by atoms with Crippen LogP contribution in [0, 0.1) is 5.95 Å². The van der Waals surface area contributed by atoms with Crippen LogP contribution >= 0.6 is 0 Å². The number of rotatable bonds is 2. The van der Waals surface area contributed by atoms with Gasteiger partial charge in [-0.05, 0) is 12.1 Å². The normalized spacial score (nSPS) is 11.3. The van der Waals surface area contributed by atoms with Crippen LogP contribution in [0.2, 0.25) is 0 Å². The van der Waals surface area contributed by atoms with E-state index >= 15 is 0 Å². The van der Waals surface area contributed by atoms with Crippen molar-refractivity contribution in [1.82, 2.24) is 9.88 Å². The second kappa shape index (κ2) is 4.46. The minimum Gasteiger partial charge on any atom is -0.333 e. The minimum absolute atomic E-state index is 0.0897. The van der Waals surface area contributed by atoms with E-state index in [-0.39, 0.29) is 5.56 Å². The molecule has 3 nitrogen and oxygen atoms in total. The zero-order valence-corrected chi connectivity index (χ0v) is 8.25. The Morgan fingerprint density at radius 3 is 2.50 bits per heavy atom. The van der Waals surface area contributed by atoms with Crippen molar-refractivity contribution in [2.45, 2.75) is 6.18 Å². The van der Waals surface area contributed by atoms with Crippen LogP contribution < -0.4 is 0 Å². The molecule has 0 aliphatic heterocycles. The van der Waals surface area contributed by atoms with Crippen molar-refractivity contribution < 1.29 is 22.4 Å². The van der Waals surface area contributed by atoms with E-state index in [2.05, 4.69) is 4.98 Å². The van der Waals surface area contributed by atoms with Crippen molar-refractivity contribution in [2.24, 2.45) is 0 Å². The molecule has 0 saturated carbocycles. The van der Waals surface area contributed by atoms with Crippen LogP contribution in [0.15, 0.2) is 18.3 Å². The van der Waals surface area contributed by atoms with Crippen LogP contribution in [0.25, 0.3) is 0 Å². The van der Waals surface area contributed by atoms with Gasteiger partial charge in [-0.2, -0.15) is 17.6 Å². The lowest BCUT2D eigenvalue weighted by atomic mass is 10.2. The van der Waals surface area contributed by atoms with Crippen LogP contribution in [0.4, 0.5) is 17.6 Å². The third-order valence-electron chi connectivity index (χ3n) is 1.74. The molecule has 0 aromatic carbocycles. The van der Waals surface area contributed by atoms with Crippen LogP contribution in [0.1, 0.15) is 10.4 Å². The van der Waals surface area contributed by atoms with Gasteiger partial charge in [-0.25, -0.2) is 4.98 Å². The van der Waals surface area contributed by atoms with E-state index in [1.54, 1.807) is 0 Å². The summed E-state index contributed by atoms with van der Waals surface area (Å²) in [5.41, 5.74) is -0.0897. The molecule has 1 aromatic heterocycles. The zero-order valence-electron chi connectivity index (χ0n) is 8.25. The van der Waals surface area contributed by atoms with E-state index in [0.717, 1.165) is 25.4 Å². The van der Waals surface area contributed by atoms with E-state index in [1.165, 1.54) is 0 Å². The van der Waals surface area contributed by atoms with Crippen molar-refractivity contribution in [3.8, 4) is 0 Å². The first-order chi connectivity index (χ1) is 7.29. The molecule has 0 radical (unpaired) electrons. The molecule has 0 N–H and O–H groups in total. The van der Waals surface area contributed by atoms with Crippen LogP contribution in [-0.2, 0) is 0 Å². The first-order valence-corrected chi connectivity index (χ1v) is 4.23. The molecule has 1 aromatic rings. The highest BCUT2D eigenvalue weighted by Crippen LogP contribution is 2.16. The molecule has 0 spiro atoms. The summed E-state index contributed by atoms with van der Waals surface area (Å²) in [4.78, 5) is 15.1. The van der Waals surface area contributed by atoms with Crippen molar-refractivity contribution in [3.63, 3.8) is 0 Å². The number of carbonyl (C=O) groups is 1. The molecule has 0 bridgehead atoms. The van der Waals surface area contributed by atoms with Crippen molar-refractivity contribution in [2.75, 3.05) is 13.6 Å². The van der Waals surface area contributed by atoms with Gasteiger partial charge in [-0.3, -0.25) is 4.79 Å². The quantitative estimate of drug-likeness (QED) is 0.580. The second-order valence-corrected chi connectivity index (χ2v) is 3.15. The number of carbonyl (C=O) groups excluding carboxylic acids is 1. The molecule has 0 aliphatic rings. The van der Waals surface area contributed by atoms with Gasteiger partial charge in [0.05, 0.1) is 5.56 Å². The summed E-state index contributed by atoms with van der Waals surface area (Å²) in [6.07, 6.45) is -3.57. The van der Waals surface area contributed by atoms with Crippen molar-refractivity contribution in [1.29, 1.82) is 0 Å². The number of hydrogen-bond donors (Lipinski definition) is 0. The molecule has 7 heteroatoms. The first kappa shape index (κ1) is 12.4. The highest BCUT2D eigenvalue weighted by Gasteiger charge is 2.31. The predicted molar refractivity (Wildman–Crippen MR) is 47.2 cm³/mol. The molecule has 0 aliphatic carbocycles. The molecule has 1 amide bonds. The second-order valence-electron chi connectivity index (χ2n) is 3.15. The molecular formula is C9H8F4N2O. The van der Waals surface area contributed by atoms with E-state index in [9.17, 15) is 22.4 Å². The van der Waals surface area contributed by atoms with Crippen LogP contribution in [0.5, 0.6) is 0 Å². The summed E-state index contributed by atoms with van der Waals surface area (Å²) < 4.78 is 48.3. The third-order valence-corrected chi connectivity index (χ3v) is 1.74. The lowest BCUT2D eigenvalue weighted by Crippen LogP contribution is -2.35. The van der Waals surface area contributed by atoms with Gasteiger partial charge in [0.2, 0.25) is 5.95 Å². The van der Waals surface area contributed by atoms with Gasteiger partial charge >= 0.3 is 6.18 Å². The van der Waals surface area contributed by atoms with Crippen molar-refractivity contribution >= 4 is 5.91 Å². The highest BCUT2D eigenvalue weighted by atomic mass is 19.4. The van der Waals surface area contributed by atoms with Crippen molar-refractivity contribution in [3.05, 3.63) is 29.8 Å². The lowest BCUT2D eigenvalue weighted by molar-refractivity contribution is -0.138. The first-order valence-electron chi connectivity index (χ1n) is 4.23. The van der Waals surface area contributed by atoms with Gasteiger partial charge in [0.15, 0.2) is 0 Å². The summed E-state index contributed by atoms with van der Waals surface area (Å²) in [6.45, 7) is -1.36. The van der Waals surface area contributed by atoms with Gasteiger partial charge in [0.25, 0.3) is 5.91 Å². The van der Waals surface area contributed by atoms with Gasteiger partial charge in [0.1, 0.15) is 6.54 Å². The molecule has 0 fully saturated rings. The maximum absolute atomic E-state index is 12.4. The van der Waals surface area contributed by atoms with Crippen LogP contribution in [-0.4, -0.2) is 35.6 Å². The third kappa shape index (κ3) is 3.48. The number of halogens is 4. The number of nitrogens with zero attached hydrogens (tertiary/aromatic N) is 2. The summed E-state index contributed by atoms with van der Waals surface area (Å²) in [5.74, 6) is -1.65. The topological polar surface area (TPSA) is 33.2 Å². The number of alkyl halides is 3. The fourth-order valence-electron chi connectivity index (χ4n) is 1.06. The monoisotopic (exact) mass is 236 g/mol. The van der Waals surface area contributed by atoms with E-state index in [4.69, 9.17) is 0 Å². The molecule has 0 atom stereocenters. The molecule has 0 saturated heterocycles. The van der Waals surface area contributed by atoms with Gasteiger partial charge < -0.3 is 4.90 Å². The Labute approximate surface area is 88.7 Å². The number of hydrogen-bond acceptors (Lipinski definition) is 2. The van der Waals surface area contributed by atoms with Gasteiger partial charge in [-0.15, -0.1) is 0 Å². The summed E-state index contributed by atoms with van der Waals surface area (Å²) in [6, 6.07) is 1.99. The average Bonchev–Trinajstić information content (AvgIpc) is 2.15. The zero-order chi connectivity index (χ0) is 12.3. The summed E-state index contributed by atoms with van der Waals surface area (Å²) in [5, 5.41) is 0. The molecule has 0 unspecified atom stereocenters. The van der Waals surface area contributed by atoms with Crippen LogP contribution in [0.3, 0.4) is 0 Å². The number of amides is 1. The van der Waals surface area contributed by atoms with E-state index < -0.39 is 24.6 Å². The highest BCUT2D eigenvalue weighted by molar-refractivity contribution is 5.93. The minimum atomic E-state index is -4.46. The molecule has 1 rings (SSSR count). The molecule has 1 heterocycles. The Morgan fingerprint density at radius 1 is 1.44 bits per heavy atom. The molecule has 16 heavy (non-hydrogen) atoms. The molecular weight excluding hydrogens is 228 g/mol. The number of pyridine rings is 1. The maximum atomic E-state index is 12.4. The predicted octanol–water partition coefficient (Wildman–Crippen LogP) is 1.85. The maximum Gasteiger partial charge on any atom is 0.406 e. The summed E-state index contributed by atoms with van der Waals surface area (Å²) in [7, 11) is 1.01. The Hall–Kier alpha value is -1.66. The fourth-order valence-corrected chi connectivity index (χ4v) is 1.06. The average molecular weight is 236 g/mol. The Balaban J connectivity index is 2.74. The Bertz CT molecular complexity index is 374. The number of aromatic nitrogens is 1. The Morgan fingerprint density at radius 2 is 2.06 bits per heavy atom. The van der Waals surface area contributed by atoms with Gasteiger partial charge in [0, 0.05) is 13.2 Å². The summed E-state index contributed by atoms with van der Waals surface area (Å²) >= 11 is 0. The standard InChI is InChI=1S/C9H8F4N2O/c1-15(5-9(11,12)13)8(16)6-2-3-7(10)14-4-6/h2-4H,5H2,1H3. The fraction of sp³-hybridized carbons (Fsp3) is 0.333. The van der Waals surface area contributed by atoms with Gasteiger partial charge in [-0.1, -0.05) is 0 Å². The van der Waals surface area contributed by atoms with E-state index in [0.29, 0.717) is 4.90 Å². The smallest absolute Gasteiger partial charge is 0.333 e.